The van der Waals surface area contributed by atoms with Crippen molar-refractivity contribution in [2.45, 2.75) is 33.1 Å². The van der Waals surface area contributed by atoms with Gasteiger partial charge in [0.15, 0.2) is 5.78 Å². The van der Waals surface area contributed by atoms with Crippen LogP contribution in [0, 0.1) is 6.92 Å². The Kier molecular flexibility index (Phi) is 4.50. The second kappa shape index (κ2) is 5.66. The van der Waals surface area contributed by atoms with Gasteiger partial charge in [0.2, 0.25) is 0 Å². The fraction of sp³-hybridized carbons (Fsp3) is 0.462. The zero-order valence-electron chi connectivity index (χ0n) is 9.42. The first kappa shape index (κ1) is 11.9. The van der Waals surface area contributed by atoms with Gasteiger partial charge in [0.1, 0.15) is 0 Å². The Labute approximate surface area is 90.9 Å². The predicted octanol–water partition coefficient (Wildman–Crippen LogP) is 2.51. The minimum absolute atomic E-state index is 0.0824. The van der Waals surface area contributed by atoms with Crippen molar-refractivity contribution in [3.05, 3.63) is 34.9 Å². The molecular weight excluding hydrogens is 188 g/mol. The lowest BCUT2D eigenvalue weighted by molar-refractivity contribution is 0.0970. The number of rotatable bonds is 5. The summed E-state index contributed by atoms with van der Waals surface area (Å²) >= 11 is 0. The first-order chi connectivity index (χ1) is 7.19. The van der Waals surface area contributed by atoms with Gasteiger partial charge in [-0.15, -0.1) is 0 Å². The van der Waals surface area contributed by atoms with Crippen molar-refractivity contribution in [2.75, 3.05) is 6.61 Å². The molecule has 0 bridgehead atoms. The molecule has 2 heteroatoms. The molecule has 0 spiro atoms. The van der Waals surface area contributed by atoms with Crippen LogP contribution in [0.2, 0.25) is 0 Å². The van der Waals surface area contributed by atoms with E-state index in [1.165, 1.54) is 0 Å². The summed E-state index contributed by atoms with van der Waals surface area (Å²) in [7, 11) is 0. The summed E-state index contributed by atoms with van der Waals surface area (Å²) in [5, 5.41) is 8.69. The molecule has 0 saturated carbocycles. The van der Waals surface area contributed by atoms with Crippen LogP contribution in [-0.2, 0) is 6.42 Å². The number of benzene rings is 1. The Bertz CT molecular complexity index is 342. The van der Waals surface area contributed by atoms with Crippen LogP contribution in [0.15, 0.2) is 18.2 Å². The van der Waals surface area contributed by atoms with E-state index in [-0.39, 0.29) is 12.4 Å². The van der Waals surface area contributed by atoms with Crippen LogP contribution in [0.5, 0.6) is 0 Å². The lowest BCUT2D eigenvalue weighted by Gasteiger charge is -2.07. The molecule has 15 heavy (non-hydrogen) atoms. The highest BCUT2D eigenvalue weighted by molar-refractivity contribution is 5.97. The van der Waals surface area contributed by atoms with Crippen molar-refractivity contribution in [3.63, 3.8) is 0 Å². The third-order valence-corrected chi connectivity index (χ3v) is 2.51. The fourth-order valence-electron chi connectivity index (χ4n) is 1.63. The molecule has 1 aromatic carbocycles. The third-order valence-electron chi connectivity index (χ3n) is 2.51. The lowest BCUT2D eigenvalue weighted by Crippen LogP contribution is -2.04. The second-order valence-corrected chi connectivity index (χ2v) is 3.76. The van der Waals surface area contributed by atoms with Gasteiger partial charge >= 0.3 is 0 Å². The van der Waals surface area contributed by atoms with E-state index < -0.39 is 0 Å². The second-order valence-electron chi connectivity index (χ2n) is 3.76. The Balaban J connectivity index is 2.90. The molecule has 82 valence electrons. The van der Waals surface area contributed by atoms with Crippen LogP contribution in [0.25, 0.3) is 0 Å². The van der Waals surface area contributed by atoms with Crippen molar-refractivity contribution in [1.29, 1.82) is 0 Å². The van der Waals surface area contributed by atoms with E-state index in [9.17, 15) is 4.79 Å². The molecule has 0 aromatic heterocycles. The van der Waals surface area contributed by atoms with E-state index >= 15 is 0 Å². The van der Waals surface area contributed by atoms with E-state index in [4.69, 9.17) is 5.11 Å². The maximum atomic E-state index is 11.8. The molecule has 0 amide bonds. The normalized spacial score (nSPS) is 10.3. The minimum Gasteiger partial charge on any atom is -0.396 e. The Morgan fingerprint density at radius 2 is 2.13 bits per heavy atom. The average Bonchev–Trinajstić information content (AvgIpc) is 2.25. The molecule has 0 atom stereocenters. The van der Waals surface area contributed by atoms with Gasteiger partial charge in [-0.05, 0) is 31.4 Å². The van der Waals surface area contributed by atoms with Gasteiger partial charge in [0.05, 0.1) is 0 Å². The summed E-state index contributed by atoms with van der Waals surface area (Å²) in [5.41, 5.74) is 3.04. The Hall–Kier alpha value is -1.15. The highest BCUT2D eigenvalue weighted by Crippen LogP contribution is 2.15. The van der Waals surface area contributed by atoms with E-state index in [1.54, 1.807) is 0 Å². The maximum absolute atomic E-state index is 11.8. The molecule has 0 aliphatic heterocycles. The molecule has 1 rings (SSSR count). The van der Waals surface area contributed by atoms with Crippen LogP contribution < -0.4 is 0 Å². The number of aliphatic hydroxyl groups is 1. The zero-order valence-corrected chi connectivity index (χ0v) is 9.42. The average molecular weight is 206 g/mol. The molecule has 0 heterocycles. The van der Waals surface area contributed by atoms with Gasteiger partial charge in [-0.25, -0.2) is 0 Å². The fourth-order valence-corrected chi connectivity index (χ4v) is 1.63. The molecule has 0 saturated heterocycles. The number of carbonyl (C=O) groups is 1. The number of Topliss-reactive ketones (excluding diaryl/α,β-unsaturated/α-hetero) is 1. The minimum atomic E-state index is 0.0824. The first-order valence-corrected chi connectivity index (χ1v) is 5.42. The SMILES string of the molecule is CCc1ccc(C)cc1C(=O)CCCO. The molecule has 0 fully saturated rings. The highest BCUT2D eigenvalue weighted by atomic mass is 16.3. The summed E-state index contributed by atoms with van der Waals surface area (Å²) in [6, 6.07) is 5.99. The van der Waals surface area contributed by atoms with Crippen molar-refractivity contribution >= 4 is 5.78 Å². The van der Waals surface area contributed by atoms with Crippen LogP contribution in [0.1, 0.15) is 41.3 Å². The number of aliphatic hydroxyl groups excluding tert-OH is 1. The molecule has 1 N–H and O–H groups in total. The van der Waals surface area contributed by atoms with Gasteiger partial charge in [0.25, 0.3) is 0 Å². The van der Waals surface area contributed by atoms with Gasteiger partial charge in [-0.2, -0.15) is 0 Å². The summed E-state index contributed by atoms with van der Waals surface area (Å²) in [6.45, 7) is 4.12. The Morgan fingerprint density at radius 3 is 2.73 bits per heavy atom. The largest absolute Gasteiger partial charge is 0.396 e. The van der Waals surface area contributed by atoms with Crippen LogP contribution in [-0.4, -0.2) is 17.5 Å². The van der Waals surface area contributed by atoms with Gasteiger partial charge < -0.3 is 5.11 Å². The van der Waals surface area contributed by atoms with Gasteiger partial charge in [-0.1, -0.05) is 24.6 Å². The van der Waals surface area contributed by atoms with E-state index in [2.05, 4.69) is 0 Å². The van der Waals surface area contributed by atoms with Crippen molar-refractivity contribution < 1.29 is 9.90 Å². The Morgan fingerprint density at radius 1 is 1.40 bits per heavy atom. The van der Waals surface area contributed by atoms with Crippen molar-refractivity contribution in [2.24, 2.45) is 0 Å². The summed E-state index contributed by atoms with van der Waals surface area (Å²) in [4.78, 5) is 11.8. The maximum Gasteiger partial charge on any atom is 0.163 e. The van der Waals surface area contributed by atoms with E-state index in [0.717, 1.165) is 23.1 Å². The van der Waals surface area contributed by atoms with Crippen LogP contribution in [0.4, 0.5) is 0 Å². The van der Waals surface area contributed by atoms with Gasteiger partial charge in [0, 0.05) is 18.6 Å². The summed E-state index contributed by atoms with van der Waals surface area (Å²) in [6.07, 6.45) is 1.86. The quantitative estimate of drug-likeness (QED) is 0.752. The number of hydrogen-bond donors (Lipinski definition) is 1. The van der Waals surface area contributed by atoms with Crippen LogP contribution >= 0.6 is 0 Å². The number of aryl methyl sites for hydroxylation is 2. The monoisotopic (exact) mass is 206 g/mol. The lowest BCUT2D eigenvalue weighted by atomic mass is 9.97. The van der Waals surface area contributed by atoms with E-state index in [0.29, 0.717) is 12.8 Å². The van der Waals surface area contributed by atoms with E-state index in [1.807, 2.05) is 32.0 Å². The molecule has 0 radical (unpaired) electrons. The third kappa shape index (κ3) is 3.17. The topological polar surface area (TPSA) is 37.3 Å². The number of carbonyl (C=O) groups excluding carboxylic acids is 1. The molecular formula is C13H18O2. The smallest absolute Gasteiger partial charge is 0.163 e. The predicted molar refractivity (Wildman–Crippen MR) is 61.2 cm³/mol. The summed E-state index contributed by atoms with van der Waals surface area (Å²) in [5.74, 6) is 0.143. The standard InChI is InChI=1S/C13H18O2/c1-3-11-7-6-10(2)9-12(11)13(15)5-4-8-14/h6-7,9,14H,3-5,8H2,1-2H3. The van der Waals surface area contributed by atoms with Crippen molar-refractivity contribution in [3.8, 4) is 0 Å². The van der Waals surface area contributed by atoms with Gasteiger partial charge in [-0.3, -0.25) is 4.79 Å². The molecule has 2 nitrogen and oxygen atoms in total. The summed E-state index contributed by atoms with van der Waals surface area (Å²) < 4.78 is 0. The van der Waals surface area contributed by atoms with Crippen LogP contribution in [0.3, 0.4) is 0 Å². The highest BCUT2D eigenvalue weighted by Gasteiger charge is 2.09. The molecule has 0 aliphatic rings. The molecule has 1 aromatic rings. The zero-order chi connectivity index (χ0) is 11.3. The molecule has 0 aliphatic carbocycles. The molecule has 0 unspecified atom stereocenters. The van der Waals surface area contributed by atoms with Crippen molar-refractivity contribution in [1.82, 2.24) is 0 Å². The first-order valence-electron chi connectivity index (χ1n) is 5.42. The number of ketones is 1. The number of hydrogen-bond acceptors (Lipinski definition) is 2.